The number of thiazole rings is 1. The summed E-state index contributed by atoms with van der Waals surface area (Å²) in [7, 11) is -1.44. The summed E-state index contributed by atoms with van der Waals surface area (Å²) in [4.78, 5) is 4.56. The van der Waals surface area contributed by atoms with Crippen LogP contribution in [0.3, 0.4) is 0 Å². The molecule has 26 heavy (non-hydrogen) atoms. The van der Waals surface area contributed by atoms with Gasteiger partial charge in [-0.15, -0.1) is 21.5 Å². The molecule has 0 bridgehead atoms. The van der Waals surface area contributed by atoms with Gasteiger partial charge in [-0.1, -0.05) is 11.6 Å². The van der Waals surface area contributed by atoms with Gasteiger partial charge in [0.1, 0.15) is 26.7 Å². The standard InChI is InChI=1S/C14H10ClF3N4O2S2/c1-26(23)22(7-2-3-9(16)8(15)4-7)6-11-19-5-10(25-11)13-20-21-14(24-13)12(17)18/h2-5,12H,6H2,1H3. The molecule has 138 valence electrons. The number of hydrogen-bond acceptors (Lipinski definition) is 6. The highest BCUT2D eigenvalue weighted by Gasteiger charge is 2.20. The molecule has 2 heterocycles. The number of hydrogen-bond donors (Lipinski definition) is 0. The molecule has 12 heteroatoms. The highest BCUT2D eigenvalue weighted by atomic mass is 35.5. The Morgan fingerprint density at radius 2 is 2.15 bits per heavy atom. The van der Waals surface area contributed by atoms with Crippen molar-refractivity contribution in [3.05, 3.63) is 46.1 Å². The normalized spacial score (nSPS) is 12.5. The second kappa shape index (κ2) is 7.72. The Balaban J connectivity index is 1.83. The van der Waals surface area contributed by atoms with Crippen molar-refractivity contribution in [1.29, 1.82) is 0 Å². The van der Waals surface area contributed by atoms with Crippen LogP contribution in [0.5, 0.6) is 0 Å². The van der Waals surface area contributed by atoms with Crippen molar-refractivity contribution in [2.45, 2.75) is 13.0 Å². The second-order valence-electron chi connectivity index (χ2n) is 4.92. The van der Waals surface area contributed by atoms with Crippen molar-refractivity contribution in [1.82, 2.24) is 15.2 Å². The van der Waals surface area contributed by atoms with Gasteiger partial charge >= 0.3 is 6.43 Å². The summed E-state index contributed by atoms with van der Waals surface area (Å²) in [5.41, 5.74) is 0.451. The Bertz CT molecular complexity index is 950. The van der Waals surface area contributed by atoms with E-state index in [0.29, 0.717) is 15.6 Å². The van der Waals surface area contributed by atoms with Crippen LogP contribution < -0.4 is 4.31 Å². The predicted molar refractivity (Wildman–Crippen MR) is 92.0 cm³/mol. The first-order chi connectivity index (χ1) is 12.3. The van der Waals surface area contributed by atoms with Crippen LogP contribution in [0.15, 0.2) is 28.8 Å². The highest BCUT2D eigenvalue weighted by molar-refractivity contribution is 7.85. The molecule has 6 nitrogen and oxygen atoms in total. The maximum atomic E-state index is 13.3. The van der Waals surface area contributed by atoms with Crippen LogP contribution in [0, 0.1) is 5.82 Å². The Kier molecular flexibility index (Phi) is 5.58. The number of nitrogens with zero attached hydrogens (tertiary/aromatic N) is 4. The molecule has 0 aliphatic rings. The highest BCUT2D eigenvalue weighted by Crippen LogP contribution is 2.30. The number of alkyl halides is 2. The first-order valence-corrected chi connectivity index (χ1v) is 9.69. The van der Waals surface area contributed by atoms with Crippen LogP contribution in [0.25, 0.3) is 10.8 Å². The van der Waals surface area contributed by atoms with Crippen LogP contribution in [0.1, 0.15) is 17.3 Å². The van der Waals surface area contributed by atoms with Crippen LogP contribution in [0.2, 0.25) is 5.02 Å². The summed E-state index contributed by atoms with van der Waals surface area (Å²) >= 11 is 6.90. The lowest BCUT2D eigenvalue weighted by molar-refractivity contribution is 0.116. The number of rotatable bonds is 6. The van der Waals surface area contributed by atoms with Crippen molar-refractivity contribution in [2.75, 3.05) is 10.6 Å². The zero-order chi connectivity index (χ0) is 18.8. The molecule has 3 rings (SSSR count). The van der Waals surface area contributed by atoms with Crippen molar-refractivity contribution in [3.63, 3.8) is 0 Å². The molecule has 0 amide bonds. The molecular formula is C14H10ClF3N4O2S2. The maximum Gasteiger partial charge on any atom is 0.314 e. The van der Waals surface area contributed by atoms with E-state index >= 15 is 0 Å². The molecule has 3 aromatic rings. The Morgan fingerprint density at radius 3 is 2.77 bits per heavy atom. The molecule has 0 aliphatic carbocycles. The summed E-state index contributed by atoms with van der Waals surface area (Å²) in [6.45, 7) is 0.131. The van der Waals surface area contributed by atoms with Gasteiger partial charge in [-0.25, -0.2) is 13.6 Å². The lowest BCUT2D eigenvalue weighted by atomic mass is 10.3. The third kappa shape index (κ3) is 4.05. The van der Waals surface area contributed by atoms with Crippen molar-refractivity contribution in [3.8, 4) is 10.8 Å². The lowest BCUT2D eigenvalue weighted by Gasteiger charge is -2.20. The van der Waals surface area contributed by atoms with E-state index in [2.05, 4.69) is 15.2 Å². The fourth-order valence-corrected chi connectivity index (χ4v) is 3.80. The van der Waals surface area contributed by atoms with Crippen LogP contribution in [0.4, 0.5) is 18.9 Å². The SMILES string of the molecule is CS(=O)N(Cc1ncc(-c2nnc(C(F)F)o2)s1)c1ccc(F)c(Cl)c1. The lowest BCUT2D eigenvalue weighted by Crippen LogP contribution is -2.24. The predicted octanol–water partition coefficient (Wildman–Crippen LogP) is 4.22. The van der Waals surface area contributed by atoms with Crippen LogP contribution in [-0.4, -0.2) is 25.6 Å². The van der Waals surface area contributed by atoms with Crippen molar-refractivity contribution < 1.29 is 21.8 Å². The van der Waals surface area contributed by atoms with Crippen molar-refractivity contribution >= 4 is 39.6 Å². The zero-order valence-corrected chi connectivity index (χ0v) is 15.4. The molecule has 1 aromatic carbocycles. The molecule has 2 aromatic heterocycles. The molecule has 0 spiro atoms. The van der Waals surface area contributed by atoms with Gasteiger partial charge in [0, 0.05) is 6.26 Å². The van der Waals surface area contributed by atoms with Crippen LogP contribution >= 0.6 is 22.9 Å². The fourth-order valence-electron chi connectivity index (χ4n) is 2.00. The Hall–Kier alpha value is -1.98. The average molecular weight is 423 g/mol. The van der Waals surface area contributed by atoms with Gasteiger partial charge in [-0.2, -0.15) is 8.78 Å². The van der Waals surface area contributed by atoms with E-state index in [1.165, 1.54) is 35.0 Å². The van der Waals surface area contributed by atoms with Gasteiger partial charge < -0.3 is 4.42 Å². The molecule has 0 N–H and O–H groups in total. The molecular weight excluding hydrogens is 413 g/mol. The first kappa shape index (κ1) is 18.8. The van der Waals surface area contributed by atoms with E-state index < -0.39 is 29.1 Å². The monoisotopic (exact) mass is 422 g/mol. The fraction of sp³-hybridized carbons (Fsp3) is 0.214. The van der Waals surface area contributed by atoms with Crippen molar-refractivity contribution in [2.24, 2.45) is 0 Å². The van der Waals surface area contributed by atoms with E-state index in [9.17, 15) is 17.4 Å². The third-order valence-corrected chi connectivity index (χ3v) is 5.39. The van der Waals surface area contributed by atoms with E-state index in [0.717, 1.165) is 11.3 Å². The van der Waals surface area contributed by atoms with Gasteiger partial charge in [0.25, 0.3) is 11.8 Å². The first-order valence-electron chi connectivity index (χ1n) is 6.98. The molecule has 0 radical (unpaired) electrons. The number of aromatic nitrogens is 3. The van der Waals surface area contributed by atoms with E-state index in [1.54, 1.807) is 0 Å². The Morgan fingerprint density at radius 1 is 1.38 bits per heavy atom. The molecule has 0 saturated heterocycles. The number of benzene rings is 1. The third-order valence-electron chi connectivity index (χ3n) is 3.17. The molecule has 1 atom stereocenters. The summed E-state index contributed by atoms with van der Waals surface area (Å²) in [5.74, 6) is -1.43. The van der Waals surface area contributed by atoms with Gasteiger partial charge in [-0.3, -0.25) is 4.31 Å². The zero-order valence-electron chi connectivity index (χ0n) is 13.0. The number of halogens is 4. The quantitative estimate of drug-likeness (QED) is 0.594. The minimum atomic E-state index is -2.86. The molecule has 1 unspecified atom stereocenters. The van der Waals surface area contributed by atoms with Gasteiger partial charge in [0.2, 0.25) is 0 Å². The summed E-state index contributed by atoms with van der Waals surface area (Å²) < 4.78 is 56.8. The average Bonchev–Trinajstić information content (AvgIpc) is 3.23. The van der Waals surface area contributed by atoms with Crippen LogP contribution in [-0.2, 0) is 17.5 Å². The van der Waals surface area contributed by atoms with E-state index in [4.69, 9.17) is 16.0 Å². The smallest absolute Gasteiger partial charge is 0.314 e. The largest absolute Gasteiger partial charge is 0.414 e. The minimum Gasteiger partial charge on any atom is -0.414 e. The van der Waals surface area contributed by atoms with Gasteiger partial charge in [0.15, 0.2) is 0 Å². The molecule has 0 saturated carbocycles. The van der Waals surface area contributed by atoms with Gasteiger partial charge in [-0.05, 0) is 18.2 Å². The summed E-state index contributed by atoms with van der Waals surface area (Å²) in [6.07, 6.45) is 0.000405. The summed E-state index contributed by atoms with van der Waals surface area (Å²) in [5, 5.41) is 7.24. The summed E-state index contributed by atoms with van der Waals surface area (Å²) in [6, 6.07) is 3.99. The minimum absolute atomic E-state index is 0.0713. The maximum absolute atomic E-state index is 13.3. The van der Waals surface area contributed by atoms with E-state index in [1.807, 2.05) is 0 Å². The van der Waals surface area contributed by atoms with Gasteiger partial charge in [0.05, 0.1) is 23.5 Å². The second-order valence-corrected chi connectivity index (χ2v) is 7.73. The topological polar surface area (TPSA) is 72.1 Å². The molecule has 0 aliphatic heterocycles. The Labute approximate surface area is 157 Å². The molecule has 0 fully saturated rings. The number of anilines is 1. The van der Waals surface area contributed by atoms with E-state index in [-0.39, 0.29) is 17.5 Å².